The quantitative estimate of drug-likeness (QED) is 0.795. The first-order valence-corrected chi connectivity index (χ1v) is 8.84. The number of nitrogens with one attached hydrogen (secondary N) is 1. The zero-order chi connectivity index (χ0) is 14.6. The number of rotatable bonds is 6. The highest BCUT2D eigenvalue weighted by molar-refractivity contribution is 7.91. The molecule has 0 bridgehead atoms. The van der Waals surface area contributed by atoms with Crippen molar-refractivity contribution in [1.29, 1.82) is 0 Å². The fraction of sp³-hybridized carbons (Fsp3) is 0.583. The van der Waals surface area contributed by atoms with E-state index in [1.165, 1.54) is 6.07 Å². The molecule has 0 aromatic carbocycles. The fourth-order valence-electron chi connectivity index (χ4n) is 2.28. The molecule has 0 radical (unpaired) electrons. The summed E-state index contributed by atoms with van der Waals surface area (Å²) in [7, 11) is -3.51. The molecular formula is C12H18N2O4S2. The van der Waals surface area contributed by atoms with E-state index < -0.39 is 10.0 Å². The van der Waals surface area contributed by atoms with E-state index in [0.29, 0.717) is 6.54 Å². The normalized spacial score (nSPS) is 19.4. The lowest BCUT2D eigenvalue weighted by molar-refractivity contribution is -0.132. The Morgan fingerprint density at radius 3 is 3.00 bits per heavy atom. The lowest BCUT2D eigenvalue weighted by Crippen LogP contribution is -2.39. The van der Waals surface area contributed by atoms with Gasteiger partial charge in [0.25, 0.3) is 0 Å². The molecule has 1 aliphatic heterocycles. The molecule has 1 aliphatic rings. The van der Waals surface area contributed by atoms with E-state index in [1.807, 2.05) is 0 Å². The second kappa shape index (κ2) is 6.66. The Hall–Kier alpha value is -0.960. The first-order valence-electron chi connectivity index (χ1n) is 6.48. The summed E-state index contributed by atoms with van der Waals surface area (Å²) in [6.45, 7) is 0.683. The van der Waals surface area contributed by atoms with Gasteiger partial charge in [0.2, 0.25) is 15.9 Å². The Bertz CT molecular complexity index is 542. The highest BCUT2D eigenvalue weighted by Crippen LogP contribution is 2.18. The van der Waals surface area contributed by atoms with Gasteiger partial charge in [0, 0.05) is 19.5 Å². The summed E-state index contributed by atoms with van der Waals surface area (Å²) in [4.78, 5) is 13.6. The Labute approximate surface area is 122 Å². The predicted octanol–water partition coefficient (Wildman–Crippen LogP) is 0.400. The average Bonchev–Trinajstić information content (AvgIpc) is 3.09. The number of likely N-dealkylation sites (tertiary alicyclic amines) is 1. The molecule has 1 fully saturated rings. The van der Waals surface area contributed by atoms with Crippen LogP contribution in [0.1, 0.15) is 19.3 Å². The minimum absolute atomic E-state index is 0.0351. The summed E-state index contributed by atoms with van der Waals surface area (Å²) < 4.78 is 26.4. The van der Waals surface area contributed by atoms with Gasteiger partial charge in [-0.05, 0) is 24.3 Å². The molecule has 2 heterocycles. The van der Waals surface area contributed by atoms with Crippen molar-refractivity contribution in [3.05, 3.63) is 17.5 Å². The SMILES string of the molecule is O=C(CCNS(=O)(=O)c1cccs1)N1CCCC1CO. The molecular weight excluding hydrogens is 300 g/mol. The van der Waals surface area contributed by atoms with Gasteiger partial charge in [-0.25, -0.2) is 13.1 Å². The number of carbonyl (C=O) groups excluding carboxylic acids is 1. The van der Waals surface area contributed by atoms with E-state index in [2.05, 4.69) is 4.72 Å². The minimum Gasteiger partial charge on any atom is -0.394 e. The smallest absolute Gasteiger partial charge is 0.250 e. The third-order valence-corrected chi connectivity index (χ3v) is 6.16. The van der Waals surface area contributed by atoms with Crippen molar-refractivity contribution in [1.82, 2.24) is 9.62 Å². The standard InChI is InChI=1S/C12H18N2O4S2/c15-9-10-3-1-7-14(10)11(16)5-6-13-20(17,18)12-4-2-8-19-12/h2,4,8,10,13,15H,1,3,5-7,9H2. The Balaban J connectivity index is 1.83. The molecule has 1 amide bonds. The zero-order valence-electron chi connectivity index (χ0n) is 11.0. The van der Waals surface area contributed by atoms with Gasteiger partial charge < -0.3 is 10.0 Å². The summed E-state index contributed by atoms with van der Waals surface area (Å²) in [5.74, 6) is -0.115. The molecule has 8 heteroatoms. The summed E-state index contributed by atoms with van der Waals surface area (Å²) in [6, 6.07) is 3.08. The van der Waals surface area contributed by atoms with Crippen molar-refractivity contribution in [3.8, 4) is 0 Å². The number of sulfonamides is 1. The highest BCUT2D eigenvalue weighted by Gasteiger charge is 2.27. The summed E-state index contributed by atoms with van der Waals surface area (Å²) >= 11 is 1.14. The summed E-state index contributed by atoms with van der Waals surface area (Å²) in [6.07, 6.45) is 1.81. The average molecular weight is 318 g/mol. The molecule has 112 valence electrons. The molecule has 0 spiro atoms. The largest absolute Gasteiger partial charge is 0.394 e. The van der Waals surface area contributed by atoms with Crippen LogP contribution in [0.15, 0.2) is 21.7 Å². The van der Waals surface area contributed by atoms with Crippen molar-refractivity contribution in [2.75, 3.05) is 19.7 Å². The molecule has 2 rings (SSSR count). The van der Waals surface area contributed by atoms with Crippen LogP contribution in [0.2, 0.25) is 0 Å². The van der Waals surface area contributed by atoms with Crippen molar-refractivity contribution in [3.63, 3.8) is 0 Å². The van der Waals surface area contributed by atoms with E-state index in [1.54, 1.807) is 16.3 Å². The number of aliphatic hydroxyl groups is 1. The van der Waals surface area contributed by atoms with Crippen molar-refractivity contribution < 1.29 is 18.3 Å². The van der Waals surface area contributed by atoms with Gasteiger partial charge in [-0.1, -0.05) is 6.07 Å². The zero-order valence-corrected chi connectivity index (χ0v) is 12.6. The van der Waals surface area contributed by atoms with Crippen LogP contribution in [-0.4, -0.2) is 50.1 Å². The van der Waals surface area contributed by atoms with E-state index in [9.17, 15) is 13.2 Å². The number of hydrogen-bond acceptors (Lipinski definition) is 5. The number of amides is 1. The lowest BCUT2D eigenvalue weighted by Gasteiger charge is -2.23. The van der Waals surface area contributed by atoms with Gasteiger partial charge in [-0.2, -0.15) is 0 Å². The second-order valence-corrected chi connectivity index (χ2v) is 7.59. The van der Waals surface area contributed by atoms with Crippen LogP contribution in [-0.2, 0) is 14.8 Å². The van der Waals surface area contributed by atoms with Gasteiger partial charge in [0.05, 0.1) is 12.6 Å². The summed E-state index contributed by atoms with van der Waals surface area (Å²) in [5, 5.41) is 10.9. The van der Waals surface area contributed by atoms with Crippen molar-refractivity contribution in [2.45, 2.75) is 29.5 Å². The topological polar surface area (TPSA) is 86.7 Å². The van der Waals surface area contributed by atoms with Crippen molar-refractivity contribution >= 4 is 27.3 Å². The van der Waals surface area contributed by atoms with Gasteiger partial charge in [-0.15, -0.1) is 11.3 Å². The molecule has 0 aliphatic carbocycles. The third-order valence-electron chi connectivity index (χ3n) is 3.30. The maximum Gasteiger partial charge on any atom is 0.250 e. The highest BCUT2D eigenvalue weighted by atomic mass is 32.2. The van der Waals surface area contributed by atoms with Crippen LogP contribution >= 0.6 is 11.3 Å². The molecule has 2 N–H and O–H groups in total. The Morgan fingerprint density at radius 1 is 1.55 bits per heavy atom. The maximum absolute atomic E-state index is 12.0. The van der Waals surface area contributed by atoms with Crippen molar-refractivity contribution in [2.24, 2.45) is 0 Å². The molecule has 20 heavy (non-hydrogen) atoms. The molecule has 1 saturated heterocycles. The van der Waals surface area contributed by atoms with Crippen LogP contribution in [0.25, 0.3) is 0 Å². The molecule has 6 nitrogen and oxygen atoms in total. The Kier molecular flexibility index (Phi) is 5.14. The molecule has 1 aromatic heterocycles. The van der Waals surface area contributed by atoms with Gasteiger partial charge in [0.15, 0.2) is 0 Å². The van der Waals surface area contributed by atoms with E-state index in [0.717, 1.165) is 24.2 Å². The fourth-order valence-corrected chi connectivity index (χ4v) is 4.35. The number of aliphatic hydroxyl groups excluding tert-OH is 1. The summed E-state index contributed by atoms with van der Waals surface area (Å²) in [5.41, 5.74) is 0. The van der Waals surface area contributed by atoms with Crippen LogP contribution in [0.3, 0.4) is 0 Å². The Morgan fingerprint density at radius 2 is 2.35 bits per heavy atom. The van der Waals surface area contributed by atoms with E-state index in [4.69, 9.17) is 5.11 Å². The van der Waals surface area contributed by atoms with E-state index in [-0.39, 0.29) is 35.7 Å². The minimum atomic E-state index is -3.51. The number of nitrogens with zero attached hydrogens (tertiary/aromatic N) is 1. The predicted molar refractivity (Wildman–Crippen MR) is 75.9 cm³/mol. The van der Waals surface area contributed by atoms with Gasteiger partial charge in [-0.3, -0.25) is 4.79 Å². The molecule has 0 saturated carbocycles. The first-order chi connectivity index (χ1) is 9.54. The van der Waals surface area contributed by atoms with Crippen LogP contribution in [0.4, 0.5) is 0 Å². The van der Waals surface area contributed by atoms with Crippen LogP contribution < -0.4 is 4.72 Å². The number of carbonyl (C=O) groups is 1. The molecule has 1 aromatic rings. The molecule has 1 unspecified atom stereocenters. The van der Waals surface area contributed by atoms with Crippen LogP contribution in [0.5, 0.6) is 0 Å². The third kappa shape index (κ3) is 3.57. The van der Waals surface area contributed by atoms with Gasteiger partial charge in [0.1, 0.15) is 4.21 Å². The lowest BCUT2D eigenvalue weighted by atomic mass is 10.2. The second-order valence-electron chi connectivity index (χ2n) is 4.65. The number of thiophene rings is 1. The van der Waals surface area contributed by atoms with Gasteiger partial charge >= 0.3 is 0 Å². The molecule has 1 atom stereocenters. The number of hydrogen-bond donors (Lipinski definition) is 2. The first kappa shape index (κ1) is 15.4. The van der Waals surface area contributed by atoms with E-state index >= 15 is 0 Å². The van der Waals surface area contributed by atoms with Crippen LogP contribution in [0, 0.1) is 0 Å². The monoisotopic (exact) mass is 318 g/mol. The maximum atomic E-state index is 12.0.